The van der Waals surface area contributed by atoms with E-state index in [-0.39, 0.29) is 19.1 Å². The van der Waals surface area contributed by atoms with Crippen LogP contribution in [-0.2, 0) is 11.3 Å². The van der Waals surface area contributed by atoms with Crippen LogP contribution in [0.2, 0.25) is 0 Å². The van der Waals surface area contributed by atoms with Crippen LogP contribution in [0.1, 0.15) is 12.8 Å². The molecule has 0 radical (unpaired) electrons. The minimum absolute atomic E-state index is 0.00308. The molecule has 7 heteroatoms. The van der Waals surface area contributed by atoms with E-state index in [0.717, 1.165) is 11.3 Å². The lowest BCUT2D eigenvalue weighted by Crippen LogP contribution is -2.38. The summed E-state index contributed by atoms with van der Waals surface area (Å²) >= 11 is 0. The van der Waals surface area contributed by atoms with Gasteiger partial charge in [0.1, 0.15) is 18.0 Å². The van der Waals surface area contributed by atoms with Crippen molar-refractivity contribution in [3.05, 3.63) is 54.4 Å². The number of ether oxygens (including phenoxy) is 2. The number of amides is 1. The van der Waals surface area contributed by atoms with Crippen molar-refractivity contribution in [2.75, 3.05) is 18.1 Å². The number of carbonyl (C=O) groups excluding carboxylic acids is 1. The number of benzene rings is 2. The van der Waals surface area contributed by atoms with E-state index in [4.69, 9.17) is 14.0 Å². The molecule has 4 rings (SSSR count). The van der Waals surface area contributed by atoms with Gasteiger partial charge in [-0.05, 0) is 43.3 Å². The van der Waals surface area contributed by atoms with Crippen molar-refractivity contribution in [1.82, 2.24) is 10.1 Å². The number of aromatic nitrogens is 2. The van der Waals surface area contributed by atoms with Crippen LogP contribution in [0.15, 0.2) is 53.1 Å². The smallest absolute Gasteiger partial charge is 0.265 e. The molecule has 1 aliphatic heterocycles. The summed E-state index contributed by atoms with van der Waals surface area (Å²) in [6.07, 6.45) is 0. The molecule has 1 aromatic heterocycles. The largest absolute Gasteiger partial charge is 0.494 e. The molecule has 132 valence electrons. The van der Waals surface area contributed by atoms with Crippen molar-refractivity contribution in [3.8, 4) is 22.9 Å². The molecule has 0 N–H and O–H groups in total. The van der Waals surface area contributed by atoms with Crippen LogP contribution in [0.4, 0.5) is 5.69 Å². The van der Waals surface area contributed by atoms with Crippen LogP contribution >= 0.6 is 0 Å². The maximum Gasteiger partial charge on any atom is 0.265 e. The van der Waals surface area contributed by atoms with E-state index in [1.165, 1.54) is 0 Å². The highest BCUT2D eigenvalue weighted by molar-refractivity contribution is 5.97. The number of para-hydroxylation sites is 2. The monoisotopic (exact) mass is 351 g/mol. The number of rotatable bonds is 5. The van der Waals surface area contributed by atoms with Crippen molar-refractivity contribution in [2.45, 2.75) is 13.5 Å². The van der Waals surface area contributed by atoms with Gasteiger partial charge in [0.15, 0.2) is 6.61 Å². The van der Waals surface area contributed by atoms with Crippen LogP contribution in [0.3, 0.4) is 0 Å². The van der Waals surface area contributed by atoms with Crippen molar-refractivity contribution < 1.29 is 18.8 Å². The highest BCUT2D eigenvalue weighted by Crippen LogP contribution is 2.32. The Balaban J connectivity index is 1.54. The van der Waals surface area contributed by atoms with Gasteiger partial charge in [0, 0.05) is 5.56 Å². The zero-order valence-corrected chi connectivity index (χ0v) is 14.2. The Morgan fingerprint density at radius 2 is 1.96 bits per heavy atom. The van der Waals surface area contributed by atoms with Gasteiger partial charge in [-0.3, -0.25) is 9.69 Å². The predicted octanol–water partition coefficient (Wildman–Crippen LogP) is 3.06. The second-order valence-corrected chi connectivity index (χ2v) is 5.71. The Morgan fingerprint density at radius 1 is 1.15 bits per heavy atom. The highest BCUT2D eigenvalue weighted by atomic mass is 16.5. The van der Waals surface area contributed by atoms with Gasteiger partial charge in [0.05, 0.1) is 12.3 Å². The molecule has 26 heavy (non-hydrogen) atoms. The van der Waals surface area contributed by atoms with Gasteiger partial charge in [-0.1, -0.05) is 17.3 Å². The molecule has 0 spiro atoms. The summed E-state index contributed by atoms with van der Waals surface area (Å²) in [6.45, 7) is 2.74. The summed E-state index contributed by atoms with van der Waals surface area (Å²) in [7, 11) is 0. The van der Waals surface area contributed by atoms with Gasteiger partial charge >= 0.3 is 0 Å². The van der Waals surface area contributed by atoms with Gasteiger partial charge in [0.25, 0.3) is 5.91 Å². The Hall–Kier alpha value is -3.35. The predicted molar refractivity (Wildman–Crippen MR) is 94.0 cm³/mol. The molecule has 0 aliphatic carbocycles. The Labute approximate surface area is 150 Å². The van der Waals surface area contributed by atoms with Crippen molar-refractivity contribution >= 4 is 11.6 Å². The SMILES string of the molecule is CCOc1ccc(-c2noc(CN3C(=O)COc4ccccc43)n2)cc1. The molecule has 0 bridgehead atoms. The van der Waals surface area contributed by atoms with E-state index in [2.05, 4.69) is 10.1 Å². The topological polar surface area (TPSA) is 77.7 Å². The molecular weight excluding hydrogens is 334 g/mol. The summed E-state index contributed by atoms with van der Waals surface area (Å²) in [5.74, 6) is 2.13. The first-order chi connectivity index (χ1) is 12.7. The molecule has 2 aromatic carbocycles. The summed E-state index contributed by atoms with van der Waals surface area (Å²) in [5.41, 5.74) is 1.52. The van der Waals surface area contributed by atoms with Crippen LogP contribution in [0, 0.1) is 0 Å². The first kappa shape index (κ1) is 16.1. The quantitative estimate of drug-likeness (QED) is 0.703. The fourth-order valence-electron chi connectivity index (χ4n) is 2.77. The maximum absolute atomic E-state index is 12.2. The zero-order chi connectivity index (χ0) is 17.9. The fourth-order valence-corrected chi connectivity index (χ4v) is 2.77. The summed E-state index contributed by atoms with van der Waals surface area (Å²) in [5, 5.41) is 4.01. The van der Waals surface area contributed by atoms with Crippen LogP contribution in [0.5, 0.6) is 11.5 Å². The van der Waals surface area contributed by atoms with Gasteiger partial charge in [-0.15, -0.1) is 0 Å². The second kappa shape index (κ2) is 6.87. The lowest BCUT2D eigenvalue weighted by Gasteiger charge is -2.27. The normalized spacial score (nSPS) is 13.3. The van der Waals surface area contributed by atoms with Crippen molar-refractivity contribution in [1.29, 1.82) is 0 Å². The lowest BCUT2D eigenvalue weighted by molar-refractivity contribution is -0.121. The first-order valence-corrected chi connectivity index (χ1v) is 8.32. The first-order valence-electron chi connectivity index (χ1n) is 8.32. The molecule has 1 aliphatic rings. The third kappa shape index (κ3) is 3.11. The summed E-state index contributed by atoms with van der Waals surface area (Å²) in [4.78, 5) is 18.2. The summed E-state index contributed by atoms with van der Waals surface area (Å²) < 4.78 is 16.2. The molecule has 0 fully saturated rings. The number of carbonyl (C=O) groups is 1. The highest BCUT2D eigenvalue weighted by Gasteiger charge is 2.27. The molecule has 7 nitrogen and oxygen atoms in total. The van der Waals surface area contributed by atoms with Crippen LogP contribution in [-0.4, -0.2) is 29.3 Å². The minimum atomic E-state index is -0.149. The van der Waals surface area contributed by atoms with E-state index in [0.29, 0.717) is 29.8 Å². The molecule has 2 heterocycles. The zero-order valence-electron chi connectivity index (χ0n) is 14.2. The van der Waals surface area contributed by atoms with Gasteiger partial charge in [-0.2, -0.15) is 4.98 Å². The molecular formula is C19H17N3O4. The van der Waals surface area contributed by atoms with E-state index in [1.54, 1.807) is 4.90 Å². The van der Waals surface area contributed by atoms with Crippen LogP contribution in [0.25, 0.3) is 11.4 Å². The third-order valence-electron chi connectivity index (χ3n) is 3.99. The summed E-state index contributed by atoms with van der Waals surface area (Å²) in [6, 6.07) is 14.8. The van der Waals surface area contributed by atoms with E-state index in [1.807, 2.05) is 55.5 Å². The van der Waals surface area contributed by atoms with E-state index >= 15 is 0 Å². The molecule has 0 saturated carbocycles. The Bertz CT molecular complexity index is 921. The Morgan fingerprint density at radius 3 is 2.77 bits per heavy atom. The Kier molecular flexibility index (Phi) is 4.27. The lowest BCUT2D eigenvalue weighted by atomic mass is 10.2. The maximum atomic E-state index is 12.2. The average Bonchev–Trinajstić information content (AvgIpc) is 3.14. The average molecular weight is 351 g/mol. The molecule has 0 saturated heterocycles. The number of hydrogen-bond acceptors (Lipinski definition) is 6. The van der Waals surface area contributed by atoms with Crippen molar-refractivity contribution in [3.63, 3.8) is 0 Å². The van der Waals surface area contributed by atoms with Crippen LogP contribution < -0.4 is 14.4 Å². The minimum Gasteiger partial charge on any atom is -0.494 e. The van der Waals surface area contributed by atoms with Crippen molar-refractivity contribution in [2.24, 2.45) is 0 Å². The number of fused-ring (bicyclic) bond motifs is 1. The fraction of sp³-hybridized carbons (Fsp3) is 0.211. The van der Waals surface area contributed by atoms with Gasteiger partial charge in [0.2, 0.25) is 11.7 Å². The standard InChI is InChI=1S/C19H17N3O4/c1-2-24-14-9-7-13(8-10-14)19-20-17(26-21-19)11-22-15-5-3-4-6-16(15)25-12-18(22)23/h3-10H,2,11-12H2,1H3. The van der Waals surface area contributed by atoms with Gasteiger partial charge in [-0.25, -0.2) is 0 Å². The molecule has 3 aromatic rings. The molecule has 1 amide bonds. The van der Waals surface area contributed by atoms with E-state index in [9.17, 15) is 4.79 Å². The van der Waals surface area contributed by atoms with E-state index < -0.39 is 0 Å². The molecule has 0 atom stereocenters. The third-order valence-corrected chi connectivity index (χ3v) is 3.99. The molecule has 0 unspecified atom stereocenters. The number of hydrogen-bond donors (Lipinski definition) is 0. The number of anilines is 1. The number of nitrogens with zero attached hydrogens (tertiary/aromatic N) is 3. The second-order valence-electron chi connectivity index (χ2n) is 5.71. The van der Waals surface area contributed by atoms with Gasteiger partial charge < -0.3 is 14.0 Å².